The van der Waals surface area contributed by atoms with E-state index in [1.54, 1.807) is 0 Å². The van der Waals surface area contributed by atoms with Gasteiger partial charge in [-0.3, -0.25) is 9.80 Å². The van der Waals surface area contributed by atoms with Crippen molar-refractivity contribution in [2.24, 2.45) is 0 Å². The molecule has 8 nitrogen and oxygen atoms in total. The van der Waals surface area contributed by atoms with E-state index in [4.69, 9.17) is 8.94 Å². The molecule has 0 amide bonds. The van der Waals surface area contributed by atoms with Crippen LogP contribution in [-0.2, 0) is 6.18 Å². The molecule has 5 rings (SSSR count). The molecular formula is C25H25F3N6O2. The third-order valence-corrected chi connectivity index (χ3v) is 6.51. The minimum atomic E-state index is -4.43. The Bertz CT molecular complexity index is 1300. The van der Waals surface area contributed by atoms with Crippen molar-refractivity contribution in [1.29, 1.82) is 0 Å². The zero-order valence-corrected chi connectivity index (χ0v) is 19.8. The van der Waals surface area contributed by atoms with Crippen LogP contribution < -0.4 is 0 Å². The molecule has 0 N–H and O–H groups in total. The molecule has 4 aromatic rings. The monoisotopic (exact) mass is 498 g/mol. The van der Waals surface area contributed by atoms with Gasteiger partial charge >= 0.3 is 6.18 Å². The van der Waals surface area contributed by atoms with Gasteiger partial charge in [0.1, 0.15) is 0 Å². The van der Waals surface area contributed by atoms with Crippen molar-refractivity contribution in [2.45, 2.75) is 32.1 Å². The summed E-state index contributed by atoms with van der Waals surface area (Å²) < 4.78 is 50.5. The Morgan fingerprint density at radius 1 is 0.806 bits per heavy atom. The van der Waals surface area contributed by atoms with Crippen LogP contribution in [0, 0.1) is 0 Å². The van der Waals surface area contributed by atoms with Crippen LogP contribution in [-0.4, -0.2) is 56.3 Å². The summed E-state index contributed by atoms with van der Waals surface area (Å²) in [5.74, 6) is 1.57. The lowest BCUT2D eigenvalue weighted by molar-refractivity contribution is -0.137. The Morgan fingerprint density at radius 2 is 1.44 bits per heavy atom. The quantitative estimate of drug-likeness (QED) is 0.357. The molecule has 36 heavy (non-hydrogen) atoms. The summed E-state index contributed by atoms with van der Waals surface area (Å²) in [6.45, 7) is 7.01. The molecular weight excluding hydrogens is 473 g/mol. The van der Waals surface area contributed by atoms with Gasteiger partial charge in [-0.2, -0.15) is 18.2 Å². The fourth-order valence-corrected chi connectivity index (χ4v) is 4.28. The van der Waals surface area contributed by atoms with Crippen LogP contribution in [0.2, 0.25) is 0 Å². The van der Waals surface area contributed by atoms with Crippen molar-refractivity contribution in [3.8, 4) is 22.8 Å². The van der Waals surface area contributed by atoms with Crippen molar-refractivity contribution in [1.82, 2.24) is 30.1 Å². The Balaban J connectivity index is 1.21. The topological polar surface area (TPSA) is 84.3 Å². The summed E-state index contributed by atoms with van der Waals surface area (Å²) in [6.07, 6.45) is -4.43. The molecule has 1 aliphatic heterocycles. The molecule has 1 aliphatic rings. The van der Waals surface area contributed by atoms with Crippen molar-refractivity contribution in [3.05, 3.63) is 71.9 Å². The summed E-state index contributed by atoms with van der Waals surface area (Å²) in [7, 11) is 0. The van der Waals surface area contributed by atoms with Crippen LogP contribution in [0.4, 0.5) is 13.2 Å². The Labute approximate surface area is 205 Å². The summed E-state index contributed by atoms with van der Waals surface area (Å²) in [5, 5.41) is 12.4. The number of piperazine rings is 1. The van der Waals surface area contributed by atoms with E-state index in [9.17, 15) is 13.2 Å². The Hall–Kier alpha value is -3.57. The number of nitrogens with zero attached hydrogens (tertiary/aromatic N) is 6. The van der Waals surface area contributed by atoms with Gasteiger partial charge in [-0.05, 0) is 38.1 Å². The molecule has 0 radical (unpaired) electrons. The predicted octanol–water partition coefficient (Wildman–Crippen LogP) is 5.25. The highest BCUT2D eigenvalue weighted by Gasteiger charge is 2.32. The standard InChI is InChI=1S/C25H25F3N6O2/c1-16(22-29-21(32-36-22)19-9-6-10-20(15-19)25(26,27)28)33-11-13-34(14-12-33)17(2)23-30-31-24(35-23)18-7-4-3-5-8-18/h3-10,15-17H,11-14H2,1-2H3. The average molecular weight is 499 g/mol. The van der Waals surface area contributed by atoms with Gasteiger partial charge in [0.15, 0.2) is 0 Å². The number of halogens is 3. The SMILES string of the molecule is CC(c1nc(-c2cccc(C(F)(F)F)c2)no1)N1CCN(C(C)c2nnc(-c3ccccc3)o2)CC1. The highest BCUT2D eigenvalue weighted by molar-refractivity contribution is 5.56. The van der Waals surface area contributed by atoms with Gasteiger partial charge in [0.2, 0.25) is 23.5 Å². The van der Waals surface area contributed by atoms with Gasteiger partial charge in [-0.1, -0.05) is 35.5 Å². The first-order chi connectivity index (χ1) is 17.3. The van der Waals surface area contributed by atoms with Crippen LogP contribution in [0.3, 0.4) is 0 Å². The third kappa shape index (κ3) is 5.02. The maximum atomic E-state index is 13.0. The lowest BCUT2D eigenvalue weighted by Gasteiger charge is -2.38. The molecule has 3 heterocycles. The molecule has 2 aromatic heterocycles. The van der Waals surface area contributed by atoms with E-state index in [1.165, 1.54) is 12.1 Å². The van der Waals surface area contributed by atoms with Gasteiger partial charge < -0.3 is 8.94 Å². The minimum Gasteiger partial charge on any atom is -0.419 e. The highest BCUT2D eigenvalue weighted by atomic mass is 19.4. The summed E-state index contributed by atoms with van der Waals surface area (Å²) >= 11 is 0. The highest BCUT2D eigenvalue weighted by Crippen LogP contribution is 2.32. The van der Waals surface area contributed by atoms with Crippen molar-refractivity contribution < 1.29 is 22.1 Å². The smallest absolute Gasteiger partial charge is 0.416 e. The Kier molecular flexibility index (Phi) is 6.59. The van der Waals surface area contributed by atoms with Crippen LogP contribution >= 0.6 is 0 Å². The van der Waals surface area contributed by atoms with Gasteiger partial charge in [-0.15, -0.1) is 10.2 Å². The molecule has 1 saturated heterocycles. The van der Waals surface area contributed by atoms with Crippen molar-refractivity contribution in [2.75, 3.05) is 26.2 Å². The van der Waals surface area contributed by atoms with Gasteiger partial charge in [0.25, 0.3) is 0 Å². The molecule has 0 aliphatic carbocycles. The summed E-state index contributed by atoms with van der Waals surface area (Å²) in [6, 6.07) is 14.3. The van der Waals surface area contributed by atoms with E-state index in [2.05, 4.69) is 30.1 Å². The maximum Gasteiger partial charge on any atom is 0.416 e. The minimum absolute atomic E-state index is 0.0386. The molecule has 0 bridgehead atoms. The summed E-state index contributed by atoms with van der Waals surface area (Å²) in [4.78, 5) is 8.85. The second-order valence-corrected chi connectivity index (χ2v) is 8.77. The predicted molar refractivity (Wildman–Crippen MR) is 124 cm³/mol. The second kappa shape index (κ2) is 9.82. The van der Waals surface area contributed by atoms with Gasteiger partial charge in [0, 0.05) is 37.3 Å². The van der Waals surface area contributed by atoms with E-state index >= 15 is 0 Å². The molecule has 0 saturated carbocycles. The first-order valence-electron chi connectivity index (χ1n) is 11.7. The van der Waals surface area contributed by atoms with Crippen LogP contribution in [0.5, 0.6) is 0 Å². The van der Waals surface area contributed by atoms with Crippen LogP contribution in [0.15, 0.2) is 63.5 Å². The molecule has 188 valence electrons. The fourth-order valence-electron chi connectivity index (χ4n) is 4.28. The molecule has 0 spiro atoms. The normalized spacial score (nSPS) is 17.2. The molecule has 11 heteroatoms. The second-order valence-electron chi connectivity index (χ2n) is 8.77. The van der Waals surface area contributed by atoms with Crippen molar-refractivity contribution >= 4 is 0 Å². The Morgan fingerprint density at radius 3 is 2.11 bits per heavy atom. The number of hydrogen-bond acceptors (Lipinski definition) is 8. The van der Waals surface area contributed by atoms with Crippen LogP contribution in [0.25, 0.3) is 22.8 Å². The van der Waals surface area contributed by atoms with E-state index in [0.29, 0.717) is 17.7 Å². The maximum absolute atomic E-state index is 13.0. The number of benzene rings is 2. The number of aromatic nitrogens is 4. The van der Waals surface area contributed by atoms with E-state index in [1.807, 2.05) is 44.2 Å². The largest absolute Gasteiger partial charge is 0.419 e. The molecule has 2 unspecified atom stereocenters. The van der Waals surface area contributed by atoms with Gasteiger partial charge in [0.05, 0.1) is 17.6 Å². The fraction of sp³-hybridized carbons (Fsp3) is 0.360. The molecule has 2 atom stereocenters. The number of hydrogen-bond donors (Lipinski definition) is 0. The zero-order chi connectivity index (χ0) is 25.3. The lowest BCUT2D eigenvalue weighted by atomic mass is 10.1. The summed E-state index contributed by atoms with van der Waals surface area (Å²) in [5.41, 5.74) is 0.396. The average Bonchev–Trinajstić information content (AvgIpc) is 3.59. The zero-order valence-electron chi connectivity index (χ0n) is 19.8. The molecule has 1 fully saturated rings. The molecule has 2 aromatic carbocycles. The first-order valence-corrected chi connectivity index (χ1v) is 11.7. The van der Waals surface area contributed by atoms with Gasteiger partial charge in [-0.25, -0.2) is 0 Å². The number of alkyl halides is 3. The first kappa shape index (κ1) is 24.1. The van der Waals surface area contributed by atoms with E-state index < -0.39 is 11.7 Å². The van der Waals surface area contributed by atoms with E-state index in [-0.39, 0.29) is 23.5 Å². The van der Waals surface area contributed by atoms with E-state index in [0.717, 1.165) is 43.9 Å². The van der Waals surface area contributed by atoms with Crippen molar-refractivity contribution in [3.63, 3.8) is 0 Å². The number of rotatable bonds is 6. The van der Waals surface area contributed by atoms with Crippen LogP contribution in [0.1, 0.15) is 43.3 Å². The lowest BCUT2D eigenvalue weighted by Crippen LogP contribution is -2.47. The third-order valence-electron chi connectivity index (χ3n) is 6.51.